The molecule has 1 rings (SSSR count). The van der Waals surface area contributed by atoms with E-state index in [0.29, 0.717) is 5.56 Å². The van der Waals surface area contributed by atoms with E-state index in [0.717, 1.165) is 10.6 Å². The van der Waals surface area contributed by atoms with E-state index >= 15 is 0 Å². The lowest BCUT2D eigenvalue weighted by molar-refractivity contribution is 0.0696. The molecule has 0 aromatic heterocycles. The molecule has 2 nitrogen and oxygen atoms in total. The van der Waals surface area contributed by atoms with E-state index in [-0.39, 0.29) is 0 Å². The molecule has 1 N–H and O–H groups in total. The second kappa shape index (κ2) is 9.03. The van der Waals surface area contributed by atoms with E-state index < -0.39 is 5.97 Å². The molecular formula is C15H22O2S. The summed E-state index contributed by atoms with van der Waals surface area (Å²) in [6.45, 7) is 2.23. The summed E-state index contributed by atoms with van der Waals surface area (Å²) in [7, 11) is 0. The number of rotatable bonds is 9. The van der Waals surface area contributed by atoms with Crippen LogP contribution in [-0.4, -0.2) is 16.8 Å². The predicted molar refractivity (Wildman–Crippen MR) is 77.5 cm³/mol. The lowest BCUT2D eigenvalue weighted by Gasteiger charge is -2.03. The van der Waals surface area contributed by atoms with Gasteiger partial charge in [-0.25, -0.2) is 4.79 Å². The molecule has 18 heavy (non-hydrogen) atoms. The molecule has 0 aliphatic heterocycles. The van der Waals surface area contributed by atoms with E-state index in [2.05, 4.69) is 6.92 Å². The molecule has 0 heterocycles. The summed E-state index contributed by atoms with van der Waals surface area (Å²) in [5.74, 6) is 0.229. The van der Waals surface area contributed by atoms with Gasteiger partial charge in [-0.3, -0.25) is 0 Å². The van der Waals surface area contributed by atoms with Gasteiger partial charge in [-0.15, -0.1) is 11.8 Å². The van der Waals surface area contributed by atoms with Crippen LogP contribution in [0.25, 0.3) is 0 Å². The van der Waals surface area contributed by atoms with E-state index in [9.17, 15) is 4.79 Å². The fraction of sp³-hybridized carbons (Fsp3) is 0.533. The molecule has 0 atom stereocenters. The van der Waals surface area contributed by atoms with Crippen molar-refractivity contribution in [2.24, 2.45) is 0 Å². The molecule has 1 aromatic rings. The van der Waals surface area contributed by atoms with Crippen LogP contribution in [0.4, 0.5) is 0 Å². The Morgan fingerprint density at radius 3 is 2.61 bits per heavy atom. The highest BCUT2D eigenvalue weighted by atomic mass is 32.2. The first-order chi connectivity index (χ1) is 8.74. The highest BCUT2D eigenvalue weighted by Gasteiger charge is 2.03. The minimum atomic E-state index is -0.850. The van der Waals surface area contributed by atoms with Crippen molar-refractivity contribution < 1.29 is 9.90 Å². The Bertz CT molecular complexity index is 363. The molecule has 0 radical (unpaired) electrons. The highest BCUT2D eigenvalue weighted by Crippen LogP contribution is 2.21. The lowest BCUT2D eigenvalue weighted by Crippen LogP contribution is -1.95. The van der Waals surface area contributed by atoms with Gasteiger partial charge in [0.1, 0.15) is 0 Å². The second-order valence-electron chi connectivity index (χ2n) is 4.45. The first kappa shape index (κ1) is 15.1. The van der Waals surface area contributed by atoms with Gasteiger partial charge < -0.3 is 5.11 Å². The van der Waals surface area contributed by atoms with Gasteiger partial charge in [-0.05, 0) is 30.4 Å². The number of hydrogen-bond donors (Lipinski definition) is 1. The third kappa shape index (κ3) is 6.10. The standard InChI is InChI=1S/C15H22O2S/c1-2-3-4-5-6-7-11-18-14-10-8-9-13(12-14)15(16)17/h8-10,12H,2-7,11H2,1H3,(H,16,17). The summed E-state index contributed by atoms with van der Waals surface area (Å²) in [6.07, 6.45) is 7.79. The Labute approximate surface area is 114 Å². The van der Waals surface area contributed by atoms with Crippen molar-refractivity contribution >= 4 is 17.7 Å². The van der Waals surface area contributed by atoms with Crippen LogP contribution in [0.3, 0.4) is 0 Å². The smallest absolute Gasteiger partial charge is 0.335 e. The zero-order valence-corrected chi connectivity index (χ0v) is 11.8. The van der Waals surface area contributed by atoms with Crippen LogP contribution in [0.2, 0.25) is 0 Å². The summed E-state index contributed by atoms with van der Waals surface area (Å²) in [6, 6.07) is 7.18. The van der Waals surface area contributed by atoms with Crippen molar-refractivity contribution in [1.29, 1.82) is 0 Å². The van der Waals surface area contributed by atoms with E-state index in [1.54, 1.807) is 23.9 Å². The van der Waals surface area contributed by atoms with E-state index in [1.165, 1.54) is 38.5 Å². The molecule has 0 saturated carbocycles. The molecule has 3 heteroatoms. The van der Waals surface area contributed by atoms with Gasteiger partial charge in [0, 0.05) is 4.90 Å². The van der Waals surface area contributed by atoms with E-state index in [1.807, 2.05) is 12.1 Å². The third-order valence-corrected chi connectivity index (χ3v) is 3.93. The molecule has 0 bridgehead atoms. The number of carboxylic acids is 1. The van der Waals surface area contributed by atoms with Crippen molar-refractivity contribution in [1.82, 2.24) is 0 Å². The number of hydrogen-bond acceptors (Lipinski definition) is 2. The molecule has 0 spiro atoms. The van der Waals surface area contributed by atoms with Gasteiger partial charge in [-0.1, -0.05) is 45.1 Å². The lowest BCUT2D eigenvalue weighted by atomic mass is 10.1. The summed E-state index contributed by atoms with van der Waals surface area (Å²) in [5, 5.41) is 8.89. The third-order valence-electron chi connectivity index (χ3n) is 2.85. The molecule has 0 saturated heterocycles. The van der Waals surface area contributed by atoms with Gasteiger partial charge >= 0.3 is 5.97 Å². The van der Waals surface area contributed by atoms with Gasteiger partial charge in [0.2, 0.25) is 0 Å². The van der Waals surface area contributed by atoms with E-state index in [4.69, 9.17) is 5.11 Å². The number of carbonyl (C=O) groups is 1. The molecule has 0 aliphatic rings. The van der Waals surface area contributed by atoms with Gasteiger partial charge in [0.15, 0.2) is 0 Å². The molecule has 0 fully saturated rings. The summed E-state index contributed by atoms with van der Waals surface area (Å²) in [5.41, 5.74) is 0.378. The Morgan fingerprint density at radius 2 is 1.89 bits per heavy atom. The topological polar surface area (TPSA) is 37.3 Å². The predicted octanol–water partition coefficient (Wildman–Crippen LogP) is 4.84. The number of carboxylic acid groups (broad SMARTS) is 1. The van der Waals surface area contributed by atoms with Crippen molar-refractivity contribution in [3.8, 4) is 0 Å². The number of aromatic carboxylic acids is 1. The summed E-state index contributed by atoms with van der Waals surface area (Å²) in [4.78, 5) is 11.9. The SMILES string of the molecule is CCCCCCCCSc1cccc(C(=O)O)c1. The first-order valence-electron chi connectivity index (χ1n) is 6.70. The molecule has 0 unspecified atom stereocenters. The van der Waals surface area contributed by atoms with Crippen molar-refractivity contribution in [2.75, 3.05) is 5.75 Å². The first-order valence-corrected chi connectivity index (χ1v) is 7.68. The average Bonchev–Trinajstić information content (AvgIpc) is 2.38. The van der Waals surface area contributed by atoms with Gasteiger partial charge in [-0.2, -0.15) is 0 Å². The van der Waals surface area contributed by atoms with Crippen LogP contribution in [0.15, 0.2) is 29.2 Å². The molecule has 0 aliphatic carbocycles. The fourth-order valence-electron chi connectivity index (χ4n) is 1.79. The van der Waals surface area contributed by atoms with Crippen LogP contribution < -0.4 is 0 Å². The summed E-state index contributed by atoms with van der Waals surface area (Å²) >= 11 is 1.75. The second-order valence-corrected chi connectivity index (χ2v) is 5.62. The largest absolute Gasteiger partial charge is 0.478 e. The molecular weight excluding hydrogens is 244 g/mol. The maximum absolute atomic E-state index is 10.8. The maximum atomic E-state index is 10.8. The Kier molecular flexibility index (Phi) is 7.58. The average molecular weight is 266 g/mol. The van der Waals surface area contributed by atoms with Crippen LogP contribution in [-0.2, 0) is 0 Å². The minimum absolute atomic E-state index is 0.378. The quantitative estimate of drug-likeness (QED) is 0.513. The number of unbranched alkanes of at least 4 members (excludes halogenated alkanes) is 5. The molecule has 0 amide bonds. The van der Waals surface area contributed by atoms with Crippen LogP contribution in [0.1, 0.15) is 55.8 Å². The highest BCUT2D eigenvalue weighted by molar-refractivity contribution is 7.99. The van der Waals surface area contributed by atoms with Crippen molar-refractivity contribution in [3.63, 3.8) is 0 Å². The van der Waals surface area contributed by atoms with Crippen molar-refractivity contribution in [2.45, 2.75) is 50.3 Å². The van der Waals surface area contributed by atoms with Crippen molar-refractivity contribution in [3.05, 3.63) is 29.8 Å². The monoisotopic (exact) mass is 266 g/mol. The van der Waals surface area contributed by atoms with Crippen LogP contribution in [0, 0.1) is 0 Å². The minimum Gasteiger partial charge on any atom is -0.478 e. The maximum Gasteiger partial charge on any atom is 0.335 e. The Morgan fingerprint density at radius 1 is 1.17 bits per heavy atom. The normalized spacial score (nSPS) is 10.5. The Hall–Kier alpha value is -0.960. The number of benzene rings is 1. The Balaban J connectivity index is 2.19. The number of thioether (sulfide) groups is 1. The fourth-order valence-corrected chi connectivity index (χ4v) is 2.76. The van der Waals surface area contributed by atoms with Gasteiger partial charge in [0.25, 0.3) is 0 Å². The summed E-state index contributed by atoms with van der Waals surface area (Å²) < 4.78 is 0. The van der Waals surface area contributed by atoms with Crippen LogP contribution >= 0.6 is 11.8 Å². The van der Waals surface area contributed by atoms with Crippen LogP contribution in [0.5, 0.6) is 0 Å². The molecule has 1 aromatic carbocycles. The molecule has 100 valence electrons. The zero-order valence-electron chi connectivity index (χ0n) is 11.0. The van der Waals surface area contributed by atoms with Gasteiger partial charge in [0.05, 0.1) is 5.56 Å². The zero-order chi connectivity index (χ0) is 13.2.